The molecule has 580 valence electrons. The first-order valence-electron chi connectivity index (χ1n) is 38.9. The molecule has 16 rings (SSSR count). The molecule has 116 heavy (non-hydrogen) atoms. The number of nitrogens with one attached hydrogen (secondary N) is 3. The molecule has 12 heteroatoms. The van der Waals surface area contributed by atoms with Crippen LogP contribution >= 0.6 is 31.7 Å². The van der Waals surface area contributed by atoms with E-state index < -0.39 is 55.1 Å². The first-order valence-corrected chi connectivity index (χ1v) is 44.3. The Hall–Kier alpha value is -11.3. The minimum Gasteiger partial charge on any atom is -0.480 e. The summed E-state index contributed by atoms with van der Waals surface area (Å²) in [6.45, 7) is 5.38. The van der Waals surface area contributed by atoms with Crippen molar-refractivity contribution in [3.8, 4) is 12.3 Å². The minimum absolute atomic E-state index is 0. The second-order valence-electron chi connectivity index (χ2n) is 28.0. The van der Waals surface area contributed by atoms with Gasteiger partial charge in [0.15, 0.2) is 0 Å². The molecule has 1 fully saturated rings. The van der Waals surface area contributed by atoms with E-state index in [4.69, 9.17) is 6.42 Å². The topological polar surface area (TPSA) is 108 Å². The molecule has 0 heterocycles. The predicted molar refractivity (Wildman–Crippen MR) is 496 cm³/mol. The number of fused-ring (bicyclic) bond motifs is 1. The van der Waals surface area contributed by atoms with E-state index in [-0.39, 0.29) is 31.9 Å². The summed E-state index contributed by atoms with van der Waals surface area (Å²) in [6.07, 6.45) is 10.4. The van der Waals surface area contributed by atoms with Gasteiger partial charge >= 0.3 is 12.0 Å². The first kappa shape index (κ1) is 85.6. The summed E-state index contributed by atoms with van der Waals surface area (Å²) in [5.74, 6) is 0.858. The van der Waals surface area contributed by atoms with E-state index in [0.29, 0.717) is 17.8 Å². The van der Waals surface area contributed by atoms with Crippen molar-refractivity contribution in [1.29, 1.82) is 0 Å². The molecule has 15 aromatic rings. The smallest absolute Gasteiger partial charge is 0.329 e. The van der Waals surface area contributed by atoms with Crippen molar-refractivity contribution in [3.05, 3.63) is 435 Å². The Morgan fingerprint density at radius 1 is 0.362 bits per heavy atom. The average molecular weight is 1680 g/mol. The summed E-state index contributed by atoms with van der Waals surface area (Å²) in [7, 11) is -1.78. The molecule has 0 bridgehead atoms. The maximum absolute atomic E-state index is 13.7. The summed E-state index contributed by atoms with van der Waals surface area (Å²) in [5.41, 5.74) is 2.47. The molecule has 0 aliphatic heterocycles. The van der Waals surface area contributed by atoms with Gasteiger partial charge in [-0.1, -0.05) is 420 Å². The molecule has 1 unspecified atom stereocenters. The maximum Gasteiger partial charge on any atom is 0.329 e. The molecule has 0 spiro atoms. The number of hydrogen-bond acceptors (Lipinski definition) is 3. The summed E-state index contributed by atoms with van der Waals surface area (Å²) >= 11 is 0. The Labute approximate surface area is 703 Å². The van der Waals surface area contributed by atoms with Gasteiger partial charge in [0.25, 0.3) is 5.91 Å². The van der Waals surface area contributed by atoms with Crippen LogP contribution in [0, 0.1) is 32.1 Å². The predicted octanol–water partition coefficient (Wildman–Crippen LogP) is 20.2. The zero-order valence-corrected chi connectivity index (χ0v) is 70.6. The number of terminal acetylenes is 1. The molecule has 1 aliphatic rings. The zero-order chi connectivity index (χ0) is 79.8. The van der Waals surface area contributed by atoms with E-state index in [1.54, 1.807) is 19.1 Å². The van der Waals surface area contributed by atoms with Crippen molar-refractivity contribution in [2.45, 2.75) is 64.8 Å². The number of carbonyl (C=O) groups excluding carboxylic acids is 2. The molecule has 1 saturated carbocycles. The Kier molecular flexibility index (Phi) is 32.9. The van der Waals surface area contributed by atoms with Gasteiger partial charge < -0.3 is 21.1 Å². The number of amides is 3. The standard InChI is InChI=1S/C32H35N3O4.4C18H15P.Pd/c1-5-11-22-16-20(2)28(21(3)17-22)34-31(39)33-27-19-24-13-10-9-12-23(24)18-26(27)29(36)35-32(4,30(37)38)25-14-7-6-8-15-25;4*1-4-10-16(11-5-1)19(17-12-6-2-7-13-17)18-14-8-3-9-15-18;/h1,9-10,12-13,16-19,25H,6-8,11,14-15H2,2-4H3,(H,35,36)(H,37,38)(H2,33,34,39);4*1-15H;. The molecule has 0 radical (unpaired) electrons. The summed E-state index contributed by atoms with van der Waals surface area (Å²) in [4.78, 5) is 39.2. The average Bonchev–Trinajstić information content (AvgIpc) is 0.774. The SMILES string of the molecule is C#CCc1cc(C)c(NC(=O)Nc2cc3ccccc3cc2C(=O)NC(C)(C(=O)O)C2CCCCC2)c(C)c1.[Pd].c1ccc(P(c2ccccc2)c2ccccc2)cc1.c1ccc(P(c2ccccc2)c2ccccc2)cc1.c1ccc(P(c2ccccc2)c2ccccc2)cc1.c1ccc(P(c2ccccc2)c2ccccc2)cc1. The molecular formula is C104H95N3O4P4Pd. The van der Waals surface area contributed by atoms with Crippen LogP contribution in [0.5, 0.6) is 0 Å². The van der Waals surface area contributed by atoms with Gasteiger partial charge in [-0.05, 0) is 174 Å². The zero-order valence-electron chi connectivity index (χ0n) is 65.4. The fraction of sp³-hybridized carbons (Fsp3) is 0.106. The van der Waals surface area contributed by atoms with Gasteiger partial charge in [0.2, 0.25) is 0 Å². The molecule has 0 saturated heterocycles. The Balaban J connectivity index is 0.000000148. The van der Waals surface area contributed by atoms with Crippen LogP contribution in [-0.4, -0.2) is 28.6 Å². The third-order valence-electron chi connectivity index (χ3n) is 19.9. The van der Waals surface area contributed by atoms with Crippen molar-refractivity contribution in [1.82, 2.24) is 5.32 Å². The largest absolute Gasteiger partial charge is 0.480 e. The van der Waals surface area contributed by atoms with Gasteiger partial charge in [-0.2, -0.15) is 0 Å². The van der Waals surface area contributed by atoms with Crippen LogP contribution in [-0.2, 0) is 31.6 Å². The number of aliphatic carboxylic acids is 1. The molecule has 1 atom stereocenters. The second kappa shape index (κ2) is 44.6. The van der Waals surface area contributed by atoms with Crippen molar-refractivity contribution >= 4 is 135 Å². The first-order chi connectivity index (χ1) is 56.4. The number of urea groups is 1. The van der Waals surface area contributed by atoms with E-state index in [2.05, 4.69) is 386 Å². The molecule has 0 aromatic heterocycles. The number of carboxylic acid groups (broad SMARTS) is 1. The minimum atomic E-state index is -1.42. The fourth-order valence-corrected chi connectivity index (χ4v) is 23.5. The van der Waals surface area contributed by atoms with E-state index in [9.17, 15) is 19.5 Å². The second-order valence-corrected chi connectivity index (χ2v) is 36.9. The molecule has 15 aromatic carbocycles. The van der Waals surface area contributed by atoms with Gasteiger partial charge in [-0.3, -0.25) is 4.79 Å². The Morgan fingerprint density at radius 3 is 0.845 bits per heavy atom. The van der Waals surface area contributed by atoms with Crippen molar-refractivity contribution in [2.24, 2.45) is 5.92 Å². The van der Waals surface area contributed by atoms with Gasteiger partial charge in [0, 0.05) is 32.5 Å². The van der Waals surface area contributed by atoms with Gasteiger partial charge in [-0.15, -0.1) is 12.3 Å². The number of benzene rings is 15. The molecule has 4 N–H and O–H groups in total. The quantitative estimate of drug-likeness (QED) is 0.0367. The van der Waals surface area contributed by atoms with Crippen molar-refractivity contribution < 1.29 is 39.9 Å². The van der Waals surface area contributed by atoms with Crippen molar-refractivity contribution in [2.75, 3.05) is 10.6 Å². The van der Waals surface area contributed by atoms with Crippen LogP contribution in [0.15, 0.2) is 413 Å². The van der Waals surface area contributed by atoms with Crippen LogP contribution < -0.4 is 79.6 Å². The summed E-state index contributed by atoms with van der Waals surface area (Å²) < 4.78 is 0. The van der Waals surface area contributed by atoms with E-state index >= 15 is 0 Å². The van der Waals surface area contributed by atoms with Gasteiger partial charge in [0.1, 0.15) is 5.54 Å². The molecule has 7 nitrogen and oxygen atoms in total. The van der Waals surface area contributed by atoms with Gasteiger partial charge in [-0.25, -0.2) is 9.59 Å². The summed E-state index contributed by atoms with van der Waals surface area (Å²) in [5, 5.41) is 37.1. The molecular weight excluding hydrogens is 1590 g/mol. The summed E-state index contributed by atoms with van der Waals surface area (Å²) in [6, 6.07) is 144. The number of rotatable bonds is 19. The van der Waals surface area contributed by atoms with E-state index in [0.717, 1.165) is 59.6 Å². The van der Waals surface area contributed by atoms with Crippen molar-refractivity contribution in [3.63, 3.8) is 0 Å². The van der Waals surface area contributed by atoms with Crippen LogP contribution in [0.2, 0.25) is 0 Å². The van der Waals surface area contributed by atoms with Crippen LogP contribution in [0.3, 0.4) is 0 Å². The maximum atomic E-state index is 13.7. The van der Waals surface area contributed by atoms with Crippen LogP contribution in [0.1, 0.15) is 66.1 Å². The van der Waals surface area contributed by atoms with E-state index in [1.807, 2.05) is 50.2 Å². The van der Waals surface area contributed by atoms with Gasteiger partial charge in [0.05, 0.1) is 11.3 Å². The number of anilines is 2. The monoisotopic (exact) mass is 1680 g/mol. The number of aryl methyl sites for hydroxylation is 2. The number of hydrogen-bond donors (Lipinski definition) is 4. The number of carboxylic acids is 1. The normalized spacial score (nSPS) is 12.0. The fourth-order valence-electron chi connectivity index (χ4n) is 14.3. The van der Waals surface area contributed by atoms with E-state index in [1.165, 1.54) is 63.7 Å². The van der Waals surface area contributed by atoms with Crippen LogP contribution in [0.25, 0.3) is 10.8 Å². The number of carbonyl (C=O) groups is 3. The Morgan fingerprint density at radius 2 is 0.603 bits per heavy atom. The Bertz CT molecular complexity index is 4660. The molecule has 1 aliphatic carbocycles. The third-order valence-corrected chi connectivity index (χ3v) is 29.7. The third kappa shape index (κ3) is 23.7. The molecule has 3 amide bonds. The van der Waals surface area contributed by atoms with Crippen LogP contribution in [0.4, 0.5) is 16.2 Å².